The minimum Gasteiger partial charge on any atom is -0.459 e. The third kappa shape index (κ3) is 3.25. The van der Waals surface area contributed by atoms with E-state index >= 15 is 0 Å². The second-order valence-electron chi connectivity index (χ2n) is 5.64. The third-order valence-electron chi connectivity index (χ3n) is 4.13. The van der Waals surface area contributed by atoms with Crippen molar-refractivity contribution < 1.29 is 9.21 Å². The van der Waals surface area contributed by atoms with Crippen molar-refractivity contribution >= 4 is 28.5 Å². The van der Waals surface area contributed by atoms with E-state index in [-0.39, 0.29) is 18.4 Å². The number of rotatable bonds is 4. The topological polar surface area (TPSA) is 33.5 Å². The van der Waals surface area contributed by atoms with Gasteiger partial charge in [-0.1, -0.05) is 48.0 Å². The van der Waals surface area contributed by atoms with Gasteiger partial charge in [-0.25, -0.2) is 0 Å². The van der Waals surface area contributed by atoms with Gasteiger partial charge in [0.15, 0.2) is 0 Å². The molecule has 3 aromatic rings. The van der Waals surface area contributed by atoms with Crippen LogP contribution in [0.3, 0.4) is 0 Å². The predicted molar refractivity (Wildman–Crippen MR) is 92.6 cm³/mol. The van der Waals surface area contributed by atoms with E-state index in [1.165, 1.54) is 0 Å². The number of para-hydroxylation sites is 1. The molecule has 0 spiro atoms. The van der Waals surface area contributed by atoms with Gasteiger partial charge in [0.05, 0.1) is 12.5 Å². The monoisotopic (exact) mass is 327 g/mol. The molecule has 1 heterocycles. The number of furan rings is 1. The van der Waals surface area contributed by atoms with Crippen LogP contribution in [-0.4, -0.2) is 17.9 Å². The molecule has 0 saturated carbocycles. The van der Waals surface area contributed by atoms with E-state index in [9.17, 15) is 4.79 Å². The highest BCUT2D eigenvalue weighted by molar-refractivity contribution is 6.31. The molecule has 0 radical (unpaired) electrons. The number of carbonyl (C=O) groups is 1. The molecule has 23 heavy (non-hydrogen) atoms. The molecular weight excluding hydrogens is 310 g/mol. The van der Waals surface area contributed by atoms with Gasteiger partial charge in [0, 0.05) is 17.5 Å². The van der Waals surface area contributed by atoms with Gasteiger partial charge in [-0.2, -0.15) is 0 Å². The average molecular weight is 328 g/mol. The second kappa shape index (κ2) is 6.47. The third-order valence-corrected chi connectivity index (χ3v) is 4.50. The van der Waals surface area contributed by atoms with Crippen LogP contribution in [-0.2, 0) is 11.2 Å². The van der Waals surface area contributed by atoms with Crippen LogP contribution in [0.1, 0.15) is 24.3 Å². The van der Waals surface area contributed by atoms with E-state index in [4.69, 9.17) is 16.0 Å². The highest BCUT2D eigenvalue weighted by atomic mass is 35.5. The number of nitrogens with zero attached hydrogens (tertiary/aromatic N) is 1. The Labute approximate surface area is 140 Å². The predicted octanol–water partition coefficient (Wildman–Crippen LogP) is 4.85. The Morgan fingerprint density at radius 2 is 1.87 bits per heavy atom. The van der Waals surface area contributed by atoms with E-state index < -0.39 is 0 Å². The quantitative estimate of drug-likeness (QED) is 0.686. The molecule has 118 valence electrons. The van der Waals surface area contributed by atoms with Crippen LogP contribution in [0, 0.1) is 0 Å². The molecule has 3 rings (SSSR count). The maximum Gasteiger partial charge on any atom is 0.227 e. The fraction of sp³-hybridized carbons (Fsp3) is 0.211. The molecular formula is C19H18ClNO2. The number of likely N-dealkylation sites (N-methyl/N-ethyl adjacent to an activating group) is 1. The van der Waals surface area contributed by atoms with Gasteiger partial charge < -0.3 is 9.32 Å². The molecule has 0 aliphatic heterocycles. The van der Waals surface area contributed by atoms with Crippen LogP contribution in [0.2, 0.25) is 5.02 Å². The fourth-order valence-corrected chi connectivity index (χ4v) is 2.75. The largest absolute Gasteiger partial charge is 0.459 e. The molecule has 0 aliphatic rings. The summed E-state index contributed by atoms with van der Waals surface area (Å²) >= 11 is 6.13. The minimum atomic E-state index is -0.141. The lowest BCUT2D eigenvalue weighted by molar-refractivity contribution is -0.131. The maximum absolute atomic E-state index is 12.5. The first-order chi connectivity index (χ1) is 11.1. The van der Waals surface area contributed by atoms with Gasteiger partial charge in [-0.3, -0.25) is 4.79 Å². The molecule has 3 nitrogen and oxygen atoms in total. The van der Waals surface area contributed by atoms with Crippen LogP contribution in [0.5, 0.6) is 0 Å². The standard InChI is InChI=1S/C19H18ClNO2/c1-13(18-11-15-8-4-6-10-17(15)23-18)21(2)19(22)12-14-7-3-5-9-16(14)20/h3-11,13H,12H2,1-2H3. The lowest BCUT2D eigenvalue weighted by Gasteiger charge is -2.23. The zero-order valence-electron chi connectivity index (χ0n) is 13.1. The SMILES string of the molecule is CC(c1cc2ccccc2o1)N(C)C(=O)Cc1ccccc1Cl. The summed E-state index contributed by atoms with van der Waals surface area (Å²) in [6.07, 6.45) is 0.279. The van der Waals surface area contributed by atoms with Gasteiger partial charge in [-0.05, 0) is 30.7 Å². The summed E-state index contributed by atoms with van der Waals surface area (Å²) < 4.78 is 5.86. The Balaban J connectivity index is 1.77. The van der Waals surface area contributed by atoms with Crippen molar-refractivity contribution in [1.82, 2.24) is 4.90 Å². The highest BCUT2D eigenvalue weighted by Gasteiger charge is 2.21. The number of halogens is 1. The van der Waals surface area contributed by atoms with Gasteiger partial charge in [0.1, 0.15) is 11.3 Å². The van der Waals surface area contributed by atoms with E-state index in [0.717, 1.165) is 22.3 Å². The number of carbonyl (C=O) groups excluding carboxylic acids is 1. The van der Waals surface area contributed by atoms with Crippen molar-refractivity contribution in [2.24, 2.45) is 0 Å². The van der Waals surface area contributed by atoms with Crippen LogP contribution in [0.15, 0.2) is 59.0 Å². The minimum absolute atomic E-state index is 0.00561. The highest BCUT2D eigenvalue weighted by Crippen LogP contribution is 2.27. The Bertz CT molecular complexity index is 807. The van der Waals surface area contributed by atoms with Crippen molar-refractivity contribution in [2.45, 2.75) is 19.4 Å². The Kier molecular flexibility index (Phi) is 4.39. The number of fused-ring (bicyclic) bond motifs is 1. The first-order valence-corrected chi connectivity index (χ1v) is 7.91. The van der Waals surface area contributed by atoms with E-state index in [0.29, 0.717) is 5.02 Å². The van der Waals surface area contributed by atoms with Crippen molar-refractivity contribution in [2.75, 3.05) is 7.05 Å². The molecule has 0 aliphatic carbocycles. The molecule has 2 aromatic carbocycles. The van der Waals surface area contributed by atoms with Gasteiger partial charge >= 0.3 is 0 Å². The van der Waals surface area contributed by atoms with Gasteiger partial charge in [-0.15, -0.1) is 0 Å². The number of hydrogen-bond donors (Lipinski definition) is 0. The van der Waals surface area contributed by atoms with E-state index in [2.05, 4.69) is 0 Å². The molecule has 0 fully saturated rings. The molecule has 1 amide bonds. The van der Waals surface area contributed by atoms with Crippen molar-refractivity contribution in [3.63, 3.8) is 0 Å². The van der Waals surface area contributed by atoms with E-state index in [1.807, 2.05) is 55.5 Å². The average Bonchev–Trinajstić information content (AvgIpc) is 2.99. The molecule has 1 aromatic heterocycles. The van der Waals surface area contributed by atoms with Crippen LogP contribution in [0.25, 0.3) is 11.0 Å². The van der Waals surface area contributed by atoms with Crippen LogP contribution < -0.4 is 0 Å². The normalized spacial score (nSPS) is 12.3. The molecule has 0 saturated heterocycles. The Morgan fingerprint density at radius 1 is 1.17 bits per heavy atom. The summed E-state index contributed by atoms with van der Waals surface area (Å²) in [7, 11) is 1.79. The summed E-state index contributed by atoms with van der Waals surface area (Å²) in [6.45, 7) is 1.96. The molecule has 0 bridgehead atoms. The van der Waals surface area contributed by atoms with Crippen molar-refractivity contribution in [3.8, 4) is 0 Å². The molecule has 1 atom stereocenters. The van der Waals surface area contributed by atoms with E-state index in [1.54, 1.807) is 18.0 Å². The fourth-order valence-electron chi connectivity index (χ4n) is 2.54. The summed E-state index contributed by atoms with van der Waals surface area (Å²) in [5.74, 6) is 0.785. The lowest BCUT2D eigenvalue weighted by Crippen LogP contribution is -2.30. The number of benzene rings is 2. The molecule has 4 heteroatoms. The first kappa shape index (κ1) is 15.6. The van der Waals surface area contributed by atoms with Crippen LogP contribution in [0.4, 0.5) is 0 Å². The van der Waals surface area contributed by atoms with Crippen LogP contribution >= 0.6 is 11.6 Å². The van der Waals surface area contributed by atoms with Crippen molar-refractivity contribution in [3.05, 3.63) is 70.9 Å². The summed E-state index contributed by atoms with van der Waals surface area (Å²) in [6, 6.07) is 17.1. The Hall–Kier alpha value is -2.26. The summed E-state index contributed by atoms with van der Waals surface area (Å²) in [5, 5.41) is 1.66. The van der Waals surface area contributed by atoms with Gasteiger partial charge in [0.2, 0.25) is 5.91 Å². The van der Waals surface area contributed by atoms with Crippen molar-refractivity contribution in [1.29, 1.82) is 0 Å². The first-order valence-electron chi connectivity index (χ1n) is 7.54. The molecule has 0 N–H and O–H groups in total. The number of hydrogen-bond acceptors (Lipinski definition) is 2. The maximum atomic E-state index is 12.5. The van der Waals surface area contributed by atoms with Gasteiger partial charge in [0.25, 0.3) is 0 Å². The zero-order valence-corrected chi connectivity index (χ0v) is 13.9. The summed E-state index contributed by atoms with van der Waals surface area (Å²) in [5.41, 5.74) is 1.67. The Morgan fingerprint density at radius 3 is 2.61 bits per heavy atom. The smallest absolute Gasteiger partial charge is 0.227 e. The zero-order chi connectivity index (χ0) is 16.4. The molecule has 1 unspecified atom stereocenters. The number of amides is 1. The summed E-state index contributed by atoms with van der Waals surface area (Å²) in [4.78, 5) is 14.2. The lowest BCUT2D eigenvalue weighted by atomic mass is 10.1. The second-order valence-corrected chi connectivity index (χ2v) is 6.04.